The molecule has 108 valence electrons. The van der Waals surface area contributed by atoms with Gasteiger partial charge in [0.2, 0.25) is 10.0 Å². The van der Waals surface area contributed by atoms with E-state index in [4.69, 9.17) is 5.14 Å². The smallest absolute Gasteiger partial charge is 0.225 e. The van der Waals surface area contributed by atoms with Gasteiger partial charge in [-0.25, -0.2) is 18.3 Å². The minimum absolute atomic E-state index is 0.0115. The molecule has 0 saturated heterocycles. The van der Waals surface area contributed by atoms with Crippen molar-refractivity contribution in [3.8, 4) is 0 Å². The van der Waals surface area contributed by atoms with E-state index in [2.05, 4.69) is 9.44 Å². The van der Waals surface area contributed by atoms with Crippen LogP contribution in [0.15, 0.2) is 29.2 Å². The molecular formula is C10H17N3O4S2. The quantitative estimate of drug-likeness (QED) is 0.639. The molecule has 0 bridgehead atoms. The van der Waals surface area contributed by atoms with Crippen LogP contribution >= 0.6 is 0 Å². The van der Waals surface area contributed by atoms with E-state index >= 15 is 0 Å². The Balaban J connectivity index is 2.74. The molecule has 9 heteroatoms. The fourth-order valence-corrected chi connectivity index (χ4v) is 2.81. The number of primary sulfonamides is 1. The van der Waals surface area contributed by atoms with E-state index in [1.807, 2.05) is 6.92 Å². The molecule has 0 heterocycles. The van der Waals surface area contributed by atoms with Crippen molar-refractivity contribution in [3.63, 3.8) is 0 Å². The van der Waals surface area contributed by atoms with E-state index in [0.29, 0.717) is 18.5 Å². The van der Waals surface area contributed by atoms with Gasteiger partial charge in [0.1, 0.15) is 0 Å². The Morgan fingerprint density at radius 3 is 2.42 bits per heavy atom. The number of nitrogens with two attached hydrogens (primary N) is 1. The van der Waals surface area contributed by atoms with Gasteiger partial charge >= 0.3 is 0 Å². The van der Waals surface area contributed by atoms with Gasteiger partial charge < -0.3 is 0 Å². The summed E-state index contributed by atoms with van der Waals surface area (Å²) in [5.41, 5.74) is 0.508. The molecule has 0 spiro atoms. The summed E-state index contributed by atoms with van der Waals surface area (Å²) in [4.78, 5) is -0.0503. The molecule has 4 N–H and O–H groups in total. The van der Waals surface area contributed by atoms with Crippen LogP contribution in [0, 0.1) is 0 Å². The van der Waals surface area contributed by atoms with E-state index in [-0.39, 0.29) is 11.4 Å². The van der Waals surface area contributed by atoms with E-state index in [0.717, 1.165) is 0 Å². The molecule has 0 aliphatic rings. The van der Waals surface area contributed by atoms with Crippen LogP contribution < -0.4 is 14.6 Å². The van der Waals surface area contributed by atoms with Crippen molar-refractivity contribution in [2.45, 2.75) is 24.8 Å². The molecule has 1 aromatic rings. The van der Waals surface area contributed by atoms with Crippen molar-refractivity contribution in [2.75, 3.05) is 6.54 Å². The van der Waals surface area contributed by atoms with Crippen molar-refractivity contribution >= 4 is 20.2 Å². The first kappa shape index (κ1) is 16.1. The lowest BCUT2D eigenvalue weighted by Crippen LogP contribution is -2.36. The lowest BCUT2D eigenvalue weighted by molar-refractivity contribution is 0.565. The summed E-state index contributed by atoms with van der Waals surface area (Å²) in [5.74, 6) is 0. The van der Waals surface area contributed by atoms with Crippen molar-refractivity contribution in [3.05, 3.63) is 29.8 Å². The van der Waals surface area contributed by atoms with Gasteiger partial charge in [-0.2, -0.15) is 13.1 Å². The maximum absolute atomic E-state index is 11.5. The molecule has 1 rings (SSSR count). The molecular weight excluding hydrogens is 290 g/mol. The van der Waals surface area contributed by atoms with Gasteiger partial charge in [-0.15, -0.1) is 0 Å². The Morgan fingerprint density at radius 1 is 1.16 bits per heavy atom. The van der Waals surface area contributed by atoms with Crippen LogP contribution in [-0.4, -0.2) is 23.4 Å². The number of rotatable bonds is 7. The Bertz CT molecular complexity index is 626. The number of hydrogen-bond donors (Lipinski definition) is 3. The third-order valence-electron chi connectivity index (χ3n) is 2.24. The van der Waals surface area contributed by atoms with Gasteiger partial charge in [0.25, 0.3) is 10.2 Å². The largest absolute Gasteiger partial charge is 0.277 e. The monoisotopic (exact) mass is 307 g/mol. The molecule has 0 aromatic heterocycles. The Labute approximate surface area is 113 Å². The topological polar surface area (TPSA) is 118 Å². The highest BCUT2D eigenvalue weighted by Crippen LogP contribution is 2.09. The second-order valence-corrected chi connectivity index (χ2v) is 7.06. The minimum Gasteiger partial charge on any atom is -0.225 e. The summed E-state index contributed by atoms with van der Waals surface area (Å²) in [6, 6.07) is 5.79. The summed E-state index contributed by atoms with van der Waals surface area (Å²) >= 11 is 0. The molecule has 1 aromatic carbocycles. The lowest BCUT2D eigenvalue weighted by Gasteiger charge is -2.08. The molecule has 0 atom stereocenters. The first-order chi connectivity index (χ1) is 8.74. The molecule has 0 saturated carbocycles. The molecule has 0 aliphatic heterocycles. The van der Waals surface area contributed by atoms with Gasteiger partial charge in [0.05, 0.1) is 4.90 Å². The summed E-state index contributed by atoms with van der Waals surface area (Å²) in [6.07, 6.45) is 0.682. The highest BCUT2D eigenvalue weighted by Gasteiger charge is 2.10. The molecule has 0 aliphatic carbocycles. The van der Waals surface area contributed by atoms with E-state index in [1.54, 1.807) is 6.07 Å². The highest BCUT2D eigenvalue weighted by molar-refractivity contribution is 7.89. The Morgan fingerprint density at radius 2 is 1.84 bits per heavy atom. The first-order valence-electron chi connectivity index (χ1n) is 5.60. The predicted molar refractivity (Wildman–Crippen MR) is 71.9 cm³/mol. The van der Waals surface area contributed by atoms with Crippen LogP contribution in [0.25, 0.3) is 0 Å². The number of sulfonamides is 1. The van der Waals surface area contributed by atoms with Crippen molar-refractivity contribution in [2.24, 2.45) is 5.14 Å². The number of nitrogens with one attached hydrogen (secondary N) is 2. The fourth-order valence-electron chi connectivity index (χ4n) is 1.30. The SMILES string of the molecule is CCCNS(=O)(=O)NCc1cccc(S(N)(=O)=O)c1. The molecule has 0 amide bonds. The van der Waals surface area contributed by atoms with Gasteiger partial charge in [-0.3, -0.25) is 0 Å². The van der Waals surface area contributed by atoms with Crippen LogP contribution in [-0.2, 0) is 26.8 Å². The Kier molecular flexibility index (Phi) is 5.44. The average Bonchev–Trinajstić information content (AvgIpc) is 2.34. The van der Waals surface area contributed by atoms with E-state index in [1.165, 1.54) is 18.2 Å². The minimum atomic E-state index is -3.79. The second kappa shape index (κ2) is 6.44. The summed E-state index contributed by atoms with van der Waals surface area (Å²) in [7, 11) is -7.36. The molecule has 0 unspecified atom stereocenters. The molecule has 7 nitrogen and oxygen atoms in total. The van der Waals surface area contributed by atoms with Crippen molar-refractivity contribution in [1.82, 2.24) is 9.44 Å². The van der Waals surface area contributed by atoms with Crippen LogP contribution in [0.5, 0.6) is 0 Å². The third-order valence-corrected chi connectivity index (χ3v) is 4.25. The van der Waals surface area contributed by atoms with Crippen LogP contribution in [0.1, 0.15) is 18.9 Å². The second-order valence-electron chi connectivity index (χ2n) is 3.91. The normalized spacial score (nSPS) is 12.5. The zero-order chi connectivity index (χ0) is 14.5. The number of hydrogen-bond acceptors (Lipinski definition) is 4. The van der Waals surface area contributed by atoms with E-state index in [9.17, 15) is 16.8 Å². The van der Waals surface area contributed by atoms with E-state index < -0.39 is 20.2 Å². The van der Waals surface area contributed by atoms with Crippen LogP contribution in [0.3, 0.4) is 0 Å². The highest BCUT2D eigenvalue weighted by atomic mass is 32.2. The zero-order valence-corrected chi connectivity index (χ0v) is 12.1. The molecule has 0 radical (unpaired) electrons. The van der Waals surface area contributed by atoms with Crippen LogP contribution in [0.2, 0.25) is 0 Å². The summed E-state index contributed by atoms with van der Waals surface area (Å²) in [5, 5.41) is 4.99. The zero-order valence-electron chi connectivity index (χ0n) is 10.5. The third kappa shape index (κ3) is 5.66. The maximum atomic E-state index is 11.5. The summed E-state index contributed by atoms with van der Waals surface area (Å²) in [6.45, 7) is 2.17. The first-order valence-corrected chi connectivity index (χ1v) is 8.63. The van der Waals surface area contributed by atoms with Gasteiger partial charge in [-0.05, 0) is 24.1 Å². The summed E-state index contributed by atoms with van der Waals surface area (Å²) < 4.78 is 49.9. The fraction of sp³-hybridized carbons (Fsp3) is 0.400. The predicted octanol–water partition coefficient (Wildman–Crippen LogP) is -0.332. The van der Waals surface area contributed by atoms with Crippen molar-refractivity contribution in [1.29, 1.82) is 0 Å². The van der Waals surface area contributed by atoms with Gasteiger partial charge in [0, 0.05) is 13.1 Å². The van der Waals surface area contributed by atoms with Gasteiger partial charge in [0.15, 0.2) is 0 Å². The molecule has 0 fully saturated rings. The van der Waals surface area contributed by atoms with Crippen LogP contribution in [0.4, 0.5) is 0 Å². The average molecular weight is 307 g/mol. The standard InChI is InChI=1S/C10H17N3O4S2/c1-2-6-12-19(16,17)13-8-9-4-3-5-10(7-9)18(11,14)15/h3-5,7,12-13H,2,6,8H2,1H3,(H2,11,14,15). The lowest BCUT2D eigenvalue weighted by atomic mass is 10.2. The Hall–Kier alpha value is -1.00. The number of benzene rings is 1. The maximum Gasteiger partial charge on any atom is 0.277 e. The van der Waals surface area contributed by atoms with Gasteiger partial charge in [-0.1, -0.05) is 19.1 Å². The molecule has 19 heavy (non-hydrogen) atoms. The van der Waals surface area contributed by atoms with Crippen molar-refractivity contribution < 1.29 is 16.8 Å².